The summed E-state index contributed by atoms with van der Waals surface area (Å²) in [7, 11) is 2.04. The molecule has 0 fully saturated rings. The van der Waals surface area contributed by atoms with Crippen molar-refractivity contribution in [3.8, 4) is 11.3 Å². The fourth-order valence-corrected chi connectivity index (χ4v) is 4.08. The van der Waals surface area contributed by atoms with Gasteiger partial charge in [0.1, 0.15) is 6.20 Å². The first-order valence-electron chi connectivity index (χ1n) is 9.43. The Bertz CT molecular complexity index is 1380. The van der Waals surface area contributed by atoms with E-state index in [2.05, 4.69) is 70.6 Å². The monoisotopic (exact) mass is 379 g/mol. The molecule has 0 atom stereocenters. The molecule has 5 heteroatoms. The third kappa shape index (κ3) is 2.88. The summed E-state index contributed by atoms with van der Waals surface area (Å²) in [6.07, 6.45) is 5.68. The summed E-state index contributed by atoms with van der Waals surface area (Å²) in [5.74, 6) is 0. The molecule has 0 aliphatic rings. The number of fused-ring (bicyclic) bond motifs is 2. The van der Waals surface area contributed by atoms with Gasteiger partial charge >= 0.3 is 6.03 Å². The van der Waals surface area contributed by atoms with Crippen LogP contribution in [0.5, 0.6) is 0 Å². The summed E-state index contributed by atoms with van der Waals surface area (Å²) in [5.41, 5.74) is 10.6. The third-order valence-corrected chi connectivity index (χ3v) is 5.37. The Balaban J connectivity index is 1.68. The van der Waals surface area contributed by atoms with Gasteiger partial charge in [-0.15, -0.1) is 0 Å². The lowest BCUT2D eigenvalue weighted by Crippen LogP contribution is -2.21. The second kappa shape index (κ2) is 6.63. The maximum absolute atomic E-state index is 11.8. The SMILES string of the molecule is Cn1cc(Cc2ccc3ccccc3c2)c2c(-c3c[c]nn3C(N)=O)cccc21. The Morgan fingerprint density at radius 1 is 1.07 bits per heavy atom. The predicted octanol–water partition coefficient (Wildman–Crippen LogP) is 4.51. The molecule has 0 saturated heterocycles. The van der Waals surface area contributed by atoms with Gasteiger partial charge in [0.15, 0.2) is 0 Å². The van der Waals surface area contributed by atoms with Crippen LogP contribution in [0.1, 0.15) is 11.1 Å². The Morgan fingerprint density at radius 2 is 1.90 bits per heavy atom. The number of hydrogen-bond donors (Lipinski definition) is 1. The molecule has 0 saturated carbocycles. The van der Waals surface area contributed by atoms with Crippen LogP contribution in [0.2, 0.25) is 0 Å². The molecule has 0 bridgehead atoms. The molecule has 0 aliphatic carbocycles. The van der Waals surface area contributed by atoms with Gasteiger partial charge in [0.25, 0.3) is 0 Å². The van der Waals surface area contributed by atoms with Gasteiger partial charge in [0.2, 0.25) is 0 Å². The van der Waals surface area contributed by atoms with Crippen LogP contribution in [0.4, 0.5) is 4.79 Å². The highest BCUT2D eigenvalue weighted by molar-refractivity contribution is 5.99. The lowest BCUT2D eigenvalue weighted by Gasteiger charge is -2.08. The van der Waals surface area contributed by atoms with Crippen molar-refractivity contribution < 1.29 is 4.79 Å². The van der Waals surface area contributed by atoms with Gasteiger partial charge in [0.05, 0.1) is 5.69 Å². The summed E-state index contributed by atoms with van der Waals surface area (Å²) in [4.78, 5) is 11.8. The molecule has 5 rings (SSSR count). The molecule has 141 valence electrons. The van der Waals surface area contributed by atoms with Gasteiger partial charge < -0.3 is 10.3 Å². The number of benzene rings is 3. The van der Waals surface area contributed by atoms with Crippen molar-refractivity contribution in [1.29, 1.82) is 0 Å². The van der Waals surface area contributed by atoms with Gasteiger partial charge in [-0.3, -0.25) is 0 Å². The summed E-state index contributed by atoms with van der Waals surface area (Å²) in [6.45, 7) is 0. The molecular weight excluding hydrogens is 360 g/mol. The highest BCUT2D eigenvalue weighted by Crippen LogP contribution is 2.33. The van der Waals surface area contributed by atoms with Crippen molar-refractivity contribution in [3.63, 3.8) is 0 Å². The van der Waals surface area contributed by atoms with E-state index >= 15 is 0 Å². The Labute approximate surface area is 168 Å². The summed E-state index contributed by atoms with van der Waals surface area (Å²) < 4.78 is 3.31. The van der Waals surface area contributed by atoms with Crippen LogP contribution in [-0.2, 0) is 13.5 Å². The van der Waals surface area contributed by atoms with Gasteiger partial charge in [0, 0.05) is 29.7 Å². The van der Waals surface area contributed by atoms with Crippen molar-refractivity contribution in [2.24, 2.45) is 12.8 Å². The van der Waals surface area contributed by atoms with E-state index in [-0.39, 0.29) is 0 Å². The lowest BCUT2D eigenvalue weighted by atomic mass is 9.97. The number of aromatic nitrogens is 3. The number of primary amides is 1. The van der Waals surface area contributed by atoms with Crippen LogP contribution in [0.15, 0.2) is 72.9 Å². The topological polar surface area (TPSA) is 65.8 Å². The van der Waals surface area contributed by atoms with Crippen LogP contribution in [0.25, 0.3) is 32.9 Å². The highest BCUT2D eigenvalue weighted by atomic mass is 16.2. The number of amides is 1. The van der Waals surface area contributed by atoms with E-state index in [0.717, 1.165) is 22.9 Å². The Kier molecular flexibility index (Phi) is 3.95. The number of nitrogens with zero attached hydrogens (tertiary/aromatic N) is 3. The van der Waals surface area contributed by atoms with Crippen LogP contribution >= 0.6 is 0 Å². The summed E-state index contributed by atoms with van der Waals surface area (Å²) in [6, 6.07) is 22.1. The molecule has 1 radical (unpaired) electrons. The van der Waals surface area contributed by atoms with E-state index < -0.39 is 6.03 Å². The molecule has 3 aromatic carbocycles. The zero-order valence-corrected chi connectivity index (χ0v) is 16.0. The van der Waals surface area contributed by atoms with Crippen LogP contribution in [0, 0.1) is 6.20 Å². The molecule has 5 aromatic rings. The number of carbonyl (C=O) groups excluding carboxylic acids is 1. The van der Waals surface area contributed by atoms with Crippen LogP contribution in [-0.4, -0.2) is 20.4 Å². The van der Waals surface area contributed by atoms with Gasteiger partial charge in [-0.2, -0.15) is 9.78 Å². The maximum Gasteiger partial charge on any atom is 0.340 e. The first kappa shape index (κ1) is 17.3. The fourth-order valence-electron chi connectivity index (χ4n) is 4.08. The van der Waals surface area contributed by atoms with Gasteiger partial charge in [-0.05, 0) is 40.5 Å². The average molecular weight is 379 g/mol. The normalized spacial score (nSPS) is 11.3. The van der Waals surface area contributed by atoms with Crippen molar-refractivity contribution in [2.75, 3.05) is 0 Å². The first-order valence-corrected chi connectivity index (χ1v) is 9.43. The minimum atomic E-state index is -0.620. The molecular formula is C24H19N4O. The Morgan fingerprint density at radius 3 is 2.72 bits per heavy atom. The smallest absolute Gasteiger partial charge is 0.340 e. The van der Waals surface area contributed by atoms with E-state index in [1.807, 2.05) is 19.2 Å². The van der Waals surface area contributed by atoms with Crippen LogP contribution in [0.3, 0.4) is 0 Å². The first-order chi connectivity index (χ1) is 14.1. The second-order valence-corrected chi connectivity index (χ2v) is 7.23. The highest BCUT2D eigenvalue weighted by Gasteiger charge is 2.17. The summed E-state index contributed by atoms with van der Waals surface area (Å²) >= 11 is 0. The number of aryl methyl sites for hydroxylation is 1. The van der Waals surface area contributed by atoms with E-state index in [1.165, 1.54) is 26.6 Å². The molecule has 0 aliphatic heterocycles. The lowest BCUT2D eigenvalue weighted by molar-refractivity contribution is 0.248. The maximum atomic E-state index is 11.8. The Hall–Kier alpha value is -3.86. The molecule has 0 spiro atoms. The van der Waals surface area contributed by atoms with Crippen molar-refractivity contribution in [1.82, 2.24) is 14.3 Å². The fraction of sp³-hybridized carbons (Fsp3) is 0.0833. The quantitative estimate of drug-likeness (QED) is 0.501. The molecule has 2 heterocycles. The molecule has 2 aromatic heterocycles. The van der Waals surface area contributed by atoms with Crippen molar-refractivity contribution >= 4 is 27.7 Å². The molecule has 29 heavy (non-hydrogen) atoms. The van der Waals surface area contributed by atoms with Crippen molar-refractivity contribution in [3.05, 3.63) is 90.3 Å². The van der Waals surface area contributed by atoms with Gasteiger partial charge in [-0.1, -0.05) is 54.6 Å². The predicted molar refractivity (Wildman–Crippen MR) is 115 cm³/mol. The van der Waals surface area contributed by atoms with E-state index in [1.54, 1.807) is 6.07 Å². The molecule has 2 N–H and O–H groups in total. The largest absolute Gasteiger partial charge is 0.350 e. The van der Waals surface area contributed by atoms with Crippen molar-refractivity contribution in [2.45, 2.75) is 6.42 Å². The molecule has 0 unspecified atom stereocenters. The second-order valence-electron chi connectivity index (χ2n) is 7.23. The van der Waals surface area contributed by atoms with Crippen LogP contribution < -0.4 is 5.73 Å². The average Bonchev–Trinajstić information content (AvgIpc) is 3.33. The number of carbonyl (C=O) groups is 1. The number of rotatable bonds is 3. The summed E-state index contributed by atoms with van der Waals surface area (Å²) in [5, 5.41) is 7.52. The van der Waals surface area contributed by atoms with Gasteiger partial charge in [-0.25, -0.2) is 4.79 Å². The minimum absolute atomic E-state index is 0.620. The zero-order valence-electron chi connectivity index (χ0n) is 16.0. The molecule has 1 amide bonds. The van der Waals surface area contributed by atoms with E-state index in [4.69, 9.17) is 5.73 Å². The minimum Gasteiger partial charge on any atom is -0.350 e. The molecule has 5 nitrogen and oxygen atoms in total. The third-order valence-electron chi connectivity index (χ3n) is 5.37. The van der Waals surface area contributed by atoms with E-state index in [0.29, 0.717) is 5.69 Å². The number of nitrogens with two attached hydrogens (primary N) is 1. The zero-order chi connectivity index (χ0) is 20.0. The number of hydrogen-bond acceptors (Lipinski definition) is 2. The standard InChI is InChI=1S/C24H19N4O/c1-27-15-19(14-16-9-10-17-5-2-3-6-18(17)13-16)23-20(7-4-8-22(23)27)21-11-12-26-28(21)24(25)29/h2-11,13,15H,14H2,1H3,(H2,25,29). The van der Waals surface area contributed by atoms with E-state index in [9.17, 15) is 4.79 Å².